The number of hydrogen-bond donors (Lipinski definition) is 2. The Morgan fingerprint density at radius 3 is 2.33 bits per heavy atom. The largest absolute Gasteiger partial charge is 0.356 e. The minimum absolute atomic E-state index is 0.00862. The number of carbonyl (C=O) groups is 2. The standard InChI is InChI=1S/C21H34N4O2/c1-16-7-5-8-17(2)21(16)23-20(27)15-25(18-9-10-18)14-11-19(26)22-12-6-13-24(3)4/h5,7-8,18H,6,9-15H2,1-4H3,(H,22,26)(H,23,27). The highest BCUT2D eigenvalue weighted by molar-refractivity contribution is 5.93. The van der Waals surface area contributed by atoms with Crippen LogP contribution in [-0.4, -0.2) is 67.9 Å². The first-order valence-corrected chi connectivity index (χ1v) is 9.88. The van der Waals surface area contributed by atoms with E-state index in [0.717, 1.165) is 42.6 Å². The van der Waals surface area contributed by atoms with E-state index in [0.29, 0.717) is 32.1 Å². The summed E-state index contributed by atoms with van der Waals surface area (Å²) in [6, 6.07) is 6.44. The van der Waals surface area contributed by atoms with Gasteiger partial charge in [-0.1, -0.05) is 18.2 Å². The first-order valence-electron chi connectivity index (χ1n) is 9.88. The van der Waals surface area contributed by atoms with Crippen LogP contribution in [0.5, 0.6) is 0 Å². The van der Waals surface area contributed by atoms with Gasteiger partial charge in [0, 0.05) is 31.2 Å². The van der Waals surface area contributed by atoms with Crippen molar-refractivity contribution in [2.24, 2.45) is 0 Å². The summed E-state index contributed by atoms with van der Waals surface area (Å²) >= 11 is 0. The van der Waals surface area contributed by atoms with Gasteiger partial charge in [-0.25, -0.2) is 0 Å². The van der Waals surface area contributed by atoms with E-state index in [1.54, 1.807) is 0 Å². The molecule has 0 bridgehead atoms. The van der Waals surface area contributed by atoms with Crippen molar-refractivity contribution in [1.82, 2.24) is 15.1 Å². The highest BCUT2D eigenvalue weighted by Crippen LogP contribution is 2.27. The van der Waals surface area contributed by atoms with Crippen molar-refractivity contribution >= 4 is 17.5 Å². The number of nitrogens with one attached hydrogen (secondary N) is 2. The Hall–Kier alpha value is -1.92. The fourth-order valence-corrected chi connectivity index (χ4v) is 3.16. The second-order valence-electron chi connectivity index (χ2n) is 7.77. The Kier molecular flexibility index (Phi) is 8.25. The molecule has 2 N–H and O–H groups in total. The molecule has 0 aromatic heterocycles. The maximum Gasteiger partial charge on any atom is 0.238 e. The summed E-state index contributed by atoms with van der Waals surface area (Å²) in [5.74, 6) is 0.0558. The molecule has 1 aromatic carbocycles. The van der Waals surface area contributed by atoms with Gasteiger partial charge in [0.2, 0.25) is 11.8 Å². The van der Waals surface area contributed by atoms with Crippen molar-refractivity contribution in [3.05, 3.63) is 29.3 Å². The third-order valence-corrected chi connectivity index (χ3v) is 4.89. The van der Waals surface area contributed by atoms with Gasteiger partial charge in [-0.15, -0.1) is 0 Å². The molecular formula is C21H34N4O2. The Morgan fingerprint density at radius 2 is 1.74 bits per heavy atom. The van der Waals surface area contributed by atoms with Gasteiger partial charge in [0.05, 0.1) is 6.54 Å². The Bertz CT molecular complexity index is 621. The number of hydrogen-bond acceptors (Lipinski definition) is 4. The summed E-state index contributed by atoms with van der Waals surface area (Å²) in [5, 5.41) is 6.01. The average molecular weight is 375 g/mol. The summed E-state index contributed by atoms with van der Waals surface area (Å²) < 4.78 is 0. The number of aryl methyl sites for hydroxylation is 2. The van der Waals surface area contributed by atoms with Crippen LogP contribution in [0.25, 0.3) is 0 Å². The molecule has 0 heterocycles. The molecule has 0 unspecified atom stereocenters. The molecule has 0 radical (unpaired) electrons. The van der Waals surface area contributed by atoms with Gasteiger partial charge in [-0.2, -0.15) is 0 Å². The molecule has 1 aliphatic rings. The third-order valence-electron chi connectivity index (χ3n) is 4.89. The maximum absolute atomic E-state index is 12.5. The zero-order valence-corrected chi connectivity index (χ0v) is 17.2. The Balaban J connectivity index is 1.76. The molecule has 0 spiro atoms. The van der Waals surface area contributed by atoms with Gasteiger partial charge in [0.1, 0.15) is 0 Å². The van der Waals surface area contributed by atoms with Crippen molar-refractivity contribution < 1.29 is 9.59 Å². The van der Waals surface area contributed by atoms with Crippen molar-refractivity contribution in [3.8, 4) is 0 Å². The molecular weight excluding hydrogens is 340 g/mol. The van der Waals surface area contributed by atoms with Crippen LogP contribution in [0.1, 0.15) is 36.8 Å². The van der Waals surface area contributed by atoms with Crippen LogP contribution in [0.4, 0.5) is 5.69 Å². The van der Waals surface area contributed by atoms with Crippen LogP contribution >= 0.6 is 0 Å². The Morgan fingerprint density at radius 1 is 1.07 bits per heavy atom. The van der Waals surface area contributed by atoms with E-state index in [2.05, 4.69) is 20.4 Å². The van der Waals surface area contributed by atoms with Crippen LogP contribution in [0.2, 0.25) is 0 Å². The molecule has 1 fully saturated rings. The van der Waals surface area contributed by atoms with Crippen LogP contribution in [-0.2, 0) is 9.59 Å². The predicted molar refractivity (Wildman–Crippen MR) is 110 cm³/mol. The summed E-state index contributed by atoms with van der Waals surface area (Å²) in [7, 11) is 4.05. The second kappa shape index (κ2) is 10.4. The topological polar surface area (TPSA) is 64.7 Å². The minimum Gasteiger partial charge on any atom is -0.356 e. The molecule has 1 saturated carbocycles. The lowest BCUT2D eigenvalue weighted by Gasteiger charge is -2.22. The van der Waals surface area contributed by atoms with E-state index in [1.165, 1.54) is 0 Å². The molecule has 6 heteroatoms. The zero-order valence-electron chi connectivity index (χ0n) is 17.2. The SMILES string of the molecule is Cc1cccc(C)c1NC(=O)CN(CCC(=O)NCCCN(C)C)C1CC1. The average Bonchev–Trinajstić information content (AvgIpc) is 3.43. The smallest absolute Gasteiger partial charge is 0.238 e. The number of anilines is 1. The van der Waals surface area contributed by atoms with E-state index < -0.39 is 0 Å². The summed E-state index contributed by atoms with van der Waals surface area (Å²) in [6.45, 7) is 6.64. The predicted octanol–water partition coefficient (Wildman–Crippen LogP) is 2.16. The molecule has 27 heavy (non-hydrogen) atoms. The summed E-state index contributed by atoms with van der Waals surface area (Å²) in [4.78, 5) is 28.8. The van der Waals surface area contributed by atoms with Crippen LogP contribution in [0, 0.1) is 13.8 Å². The molecule has 6 nitrogen and oxygen atoms in total. The lowest BCUT2D eigenvalue weighted by atomic mass is 10.1. The first kappa shape index (κ1) is 21.4. The molecule has 0 saturated heterocycles. The van der Waals surface area contributed by atoms with Crippen LogP contribution in [0.3, 0.4) is 0 Å². The number of rotatable bonds is 11. The third kappa shape index (κ3) is 7.69. The van der Waals surface area contributed by atoms with Gasteiger partial charge >= 0.3 is 0 Å². The minimum atomic E-state index is -0.00862. The van der Waals surface area contributed by atoms with Crippen molar-refractivity contribution in [2.45, 2.75) is 45.6 Å². The molecule has 0 aliphatic heterocycles. The monoisotopic (exact) mass is 374 g/mol. The number of amides is 2. The first-order chi connectivity index (χ1) is 12.9. The number of benzene rings is 1. The molecule has 2 amide bonds. The normalized spacial score (nSPS) is 13.9. The van der Waals surface area contributed by atoms with E-state index in [4.69, 9.17) is 0 Å². The molecule has 150 valence electrons. The van der Waals surface area contributed by atoms with E-state index in [9.17, 15) is 9.59 Å². The molecule has 2 rings (SSSR count). The quantitative estimate of drug-likeness (QED) is 0.583. The lowest BCUT2D eigenvalue weighted by Crippen LogP contribution is -2.38. The zero-order chi connectivity index (χ0) is 19.8. The van der Waals surface area contributed by atoms with Crippen LogP contribution in [0.15, 0.2) is 18.2 Å². The van der Waals surface area contributed by atoms with E-state index in [1.807, 2.05) is 46.1 Å². The van der Waals surface area contributed by atoms with Crippen LogP contribution < -0.4 is 10.6 Å². The Labute approximate surface area is 163 Å². The second-order valence-corrected chi connectivity index (χ2v) is 7.77. The van der Waals surface area contributed by atoms with E-state index >= 15 is 0 Å². The molecule has 0 atom stereocenters. The van der Waals surface area contributed by atoms with Crippen molar-refractivity contribution in [2.75, 3.05) is 45.6 Å². The van der Waals surface area contributed by atoms with Crippen molar-refractivity contribution in [1.29, 1.82) is 0 Å². The van der Waals surface area contributed by atoms with Gasteiger partial charge in [-0.3, -0.25) is 14.5 Å². The van der Waals surface area contributed by atoms with Gasteiger partial charge in [0.15, 0.2) is 0 Å². The van der Waals surface area contributed by atoms with E-state index in [-0.39, 0.29) is 11.8 Å². The highest BCUT2D eigenvalue weighted by Gasteiger charge is 2.30. The van der Waals surface area contributed by atoms with Gasteiger partial charge in [-0.05, 0) is 64.9 Å². The van der Waals surface area contributed by atoms with Gasteiger partial charge in [0.25, 0.3) is 0 Å². The maximum atomic E-state index is 12.5. The fraction of sp³-hybridized carbons (Fsp3) is 0.619. The van der Waals surface area contributed by atoms with Gasteiger partial charge < -0.3 is 15.5 Å². The molecule has 1 aromatic rings. The number of carbonyl (C=O) groups excluding carboxylic acids is 2. The number of nitrogens with zero attached hydrogens (tertiary/aromatic N) is 2. The summed E-state index contributed by atoms with van der Waals surface area (Å²) in [5.41, 5.74) is 3.04. The number of para-hydroxylation sites is 1. The van der Waals surface area contributed by atoms with Crippen molar-refractivity contribution in [3.63, 3.8) is 0 Å². The summed E-state index contributed by atoms with van der Waals surface area (Å²) in [6.07, 6.45) is 3.61. The molecule has 1 aliphatic carbocycles. The fourth-order valence-electron chi connectivity index (χ4n) is 3.16. The lowest BCUT2D eigenvalue weighted by molar-refractivity contribution is -0.122. The highest BCUT2D eigenvalue weighted by atomic mass is 16.2.